The van der Waals surface area contributed by atoms with Crippen LogP contribution >= 0.6 is 0 Å². The van der Waals surface area contributed by atoms with Gasteiger partial charge >= 0.3 is 0 Å². The average molecular weight is 166 g/mol. The Morgan fingerprint density at radius 2 is 2.33 bits per heavy atom. The van der Waals surface area contributed by atoms with E-state index in [1.807, 2.05) is 6.08 Å². The molecule has 3 aliphatic rings. The number of carbonyl (C=O) groups excluding carboxylic acids is 1. The highest BCUT2D eigenvalue weighted by Gasteiger charge is 2.58. The van der Waals surface area contributed by atoms with Crippen LogP contribution in [-0.4, -0.2) is 17.5 Å². The monoisotopic (exact) mass is 166 g/mol. The third-order valence-corrected chi connectivity index (χ3v) is 3.61. The summed E-state index contributed by atoms with van der Waals surface area (Å²) in [5, 5.41) is 9.66. The minimum atomic E-state index is -0.273. The van der Waals surface area contributed by atoms with Crippen LogP contribution in [0.25, 0.3) is 0 Å². The Hall–Kier alpha value is -0.630. The van der Waals surface area contributed by atoms with E-state index >= 15 is 0 Å². The highest BCUT2D eigenvalue weighted by Crippen LogP contribution is 2.58. The first-order valence-electron chi connectivity index (χ1n) is 4.42. The minimum Gasteiger partial charge on any atom is -0.392 e. The molecule has 2 nitrogen and oxygen atoms in total. The fraction of sp³-hybridized carbons (Fsp3) is 0.700. The molecule has 3 atom stereocenters. The maximum atomic E-state index is 10.6. The zero-order valence-corrected chi connectivity index (χ0v) is 7.45. The number of fused-ring (bicyclic) bond motifs is 1. The second-order valence-electron chi connectivity index (χ2n) is 4.45. The fourth-order valence-electron chi connectivity index (χ4n) is 2.81. The van der Waals surface area contributed by atoms with Gasteiger partial charge in [0.25, 0.3) is 0 Å². The molecule has 0 aliphatic heterocycles. The zero-order valence-electron chi connectivity index (χ0n) is 7.45. The molecule has 1 saturated carbocycles. The summed E-state index contributed by atoms with van der Waals surface area (Å²) in [6, 6.07) is 0. The van der Waals surface area contributed by atoms with E-state index in [0.717, 1.165) is 18.3 Å². The molecule has 0 unspecified atom stereocenters. The normalized spacial score (nSPS) is 42.9. The summed E-state index contributed by atoms with van der Waals surface area (Å²) in [6.45, 7) is 4.26. The largest absolute Gasteiger partial charge is 0.392 e. The lowest BCUT2D eigenvalue weighted by Gasteiger charge is -2.59. The average Bonchev–Trinajstić information content (AvgIpc) is 2.04. The SMILES string of the molecule is CC1(C)[C@@H]2C(C=O)=CC[C@H]1[C@@H]2O. The van der Waals surface area contributed by atoms with Crippen molar-refractivity contribution in [1.29, 1.82) is 0 Å². The van der Waals surface area contributed by atoms with E-state index in [0.29, 0.717) is 5.92 Å². The van der Waals surface area contributed by atoms with Gasteiger partial charge < -0.3 is 5.11 Å². The van der Waals surface area contributed by atoms with Crippen LogP contribution in [0.2, 0.25) is 0 Å². The Morgan fingerprint density at radius 1 is 1.67 bits per heavy atom. The van der Waals surface area contributed by atoms with Gasteiger partial charge in [-0.1, -0.05) is 19.9 Å². The first-order valence-corrected chi connectivity index (χ1v) is 4.42. The lowest BCUT2D eigenvalue weighted by atomic mass is 9.47. The number of carbonyl (C=O) groups is 1. The second kappa shape index (κ2) is 2.19. The highest BCUT2D eigenvalue weighted by molar-refractivity contribution is 5.75. The molecule has 1 N–H and O–H groups in total. The van der Waals surface area contributed by atoms with Gasteiger partial charge in [0.2, 0.25) is 0 Å². The number of aldehydes is 1. The molecule has 0 saturated heterocycles. The summed E-state index contributed by atoms with van der Waals surface area (Å²) in [4.78, 5) is 10.6. The number of aliphatic hydroxyl groups excluding tert-OH is 1. The Balaban J connectivity index is 2.35. The predicted octanol–water partition coefficient (Wildman–Crippen LogP) is 1.15. The van der Waals surface area contributed by atoms with Crippen LogP contribution in [0, 0.1) is 17.3 Å². The summed E-state index contributed by atoms with van der Waals surface area (Å²) in [5.74, 6) is 0.458. The molecular weight excluding hydrogens is 152 g/mol. The van der Waals surface area contributed by atoms with Gasteiger partial charge in [0.15, 0.2) is 0 Å². The van der Waals surface area contributed by atoms with Crippen molar-refractivity contribution >= 4 is 6.29 Å². The van der Waals surface area contributed by atoms with Crippen LogP contribution in [-0.2, 0) is 4.79 Å². The summed E-state index contributed by atoms with van der Waals surface area (Å²) in [5.41, 5.74) is 0.930. The van der Waals surface area contributed by atoms with Gasteiger partial charge in [0.1, 0.15) is 6.29 Å². The number of allylic oxidation sites excluding steroid dienone is 1. The predicted molar refractivity (Wildman–Crippen MR) is 45.5 cm³/mol. The van der Waals surface area contributed by atoms with Crippen molar-refractivity contribution in [2.24, 2.45) is 17.3 Å². The Kier molecular flexibility index (Phi) is 1.46. The molecule has 3 aliphatic carbocycles. The fourth-order valence-corrected chi connectivity index (χ4v) is 2.81. The van der Waals surface area contributed by atoms with E-state index in [1.54, 1.807) is 0 Å². The lowest BCUT2D eigenvalue weighted by molar-refractivity contribution is -0.148. The van der Waals surface area contributed by atoms with E-state index < -0.39 is 0 Å². The van der Waals surface area contributed by atoms with Crippen LogP contribution in [0.15, 0.2) is 11.6 Å². The molecule has 2 bridgehead atoms. The molecule has 0 aromatic heterocycles. The van der Waals surface area contributed by atoms with Gasteiger partial charge in [-0.05, 0) is 23.3 Å². The van der Waals surface area contributed by atoms with Crippen LogP contribution < -0.4 is 0 Å². The summed E-state index contributed by atoms with van der Waals surface area (Å²) < 4.78 is 0. The Bertz CT molecular complexity index is 253. The molecule has 12 heavy (non-hydrogen) atoms. The molecule has 0 amide bonds. The van der Waals surface area contributed by atoms with Crippen molar-refractivity contribution in [2.75, 3.05) is 0 Å². The third kappa shape index (κ3) is 0.712. The minimum absolute atomic E-state index is 0.0914. The molecule has 2 heteroatoms. The van der Waals surface area contributed by atoms with Gasteiger partial charge in [-0.25, -0.2) is 0 Å². The molecule has 0 heterocycles. The van der Waals surface area contributed by atoms with Gasteiger partial charge in [0.05, 0.1) is 6.10 Å². The smallest absolute Gasteiger partial charge is 0.146 e. The van der Waals surface area contributed by atoms with E-state index in [-0.39, 0.29) is 17.4 Å². The van der Waals surface area contributed by atoms with Gasteiger partial charge in [0, 0.05) is 5.92 Å². The Morgan fingerprint density at radius 3 is 2.67 bits per heavy atom. The van der Waals surface area contributed by atoms with Crippen LogP contribution in [0.3, 0.4) is 0 Å². The van der Waals surface area contributed by atoms with E-state index in [2.05, 4.69) is 13.8 Å². The second-order valence-corrected chi connectivity index (χ2v) is 4.45. The first-order chi connectivity index (χ1) is 5.59. The molecule has 0 aromatic carbocycles. The van der Waals surface area contributed by atoms with Crippen molar-refractivity contribution in [2.45, 2.75) is 26.4 Å². The van der Waals surface area contributed by atoms with Crippen molar-refractivity contribution in [1.82, 2.24) is 0 Å². The third-order valence-electron chi connectivity index (χ3n) is 3.61. The lowest BCUT2D eigenvalue weighted by Crippen LogP contribution is -2.60. The number of hydrogen-bond donors (Lipinski definition) is 1. The topological polar surface area (TPSA) is 37.3 Å². The molecule has 0 radical (unpaired) electrons. The molecule has 3 rings (SSSR count). The zero-order chi connectivity index (χ0) is 8.93. The summed E-state index contributed by atoms with van der Waals surface area (Å²) in [7, 11) is 0. The Labute approximate surface area is 72.3 Å². The standard InChI is InChI=1S/C10H14O2/c1-10(2)7-4-3-6(5-11)8(10)9(7)12/h3,5,7-9,12H,4H2,1-2H3/t7-,8+,9-/m0/s1. The maximum Gasteiger partial charge on any atom is 0.146 e. The number of aliphatic hydroxyl groups is 1. The number of hydrogen-bond acceptors (Lipinski definition) is 2. The van der Waals surface area contributed by atoms with E-state index in [9.17, 15) is 9.90 Å². The first kappa shape index (κ1) is 7.99. The van der Waals surface area contributed by atoms with Crippen LogP contribution in [0.4, 0.5) is 0 Å². The van der Waals surface area contributed by atoms with Gasteiger partial charge in [-0.2, -0.15) is 0 Å². The van der Waals surface area contributed by atoms with Crippen molar-refractivity contribution in [3.05, 3.63) is 11.6 Å². The summed E-state index contributed by atoms with van der Waals surface area (Å²) >= 11 is 0. The molecule has 1 fully saturated rings. The van der Waals surface area contributed by atoms with Gasteiger partial charge in [-0.15, -0.1) is 0 Å². The van der Waals surface area contributed by atoms with Crippen LogP contribution in [0.1, 0.15) is 20.3 Å². The van der Waals surface area contributed by atoms with Crippen LogP contribution in [0.5, 0.6) is 0 Å². The van der Waals surface area contributed by atoms with Crippen molar-refractivity contribution in [3.63, 3.8) is 0 Å². The molecule has 0 aromatic rings. The number of rotatable bonds is 1. The summed E-state index contributed by atoms with van der Waals surface area (Å²) in [6.07, 6.45) is 3.45. The highest BCUT2D eigenvalue weighted by atomic mass is 16.3. The maximum absolute atomic E-state index is 10.6. The van der Waals surface area contributed by atoms with Crippen molar-refractivity contribution < 1.29 is 9.90 Å². The van der Waals surface area contributed by atoms with Crippen molar-refractivity contribution in [3.8, 4) is 0 Å². The van der Waals surface area contributed by atoms with Gasteiger partial charge in [-0.3, -0.25) is 4.79 Å². The quantitative estimate of drug-likeness (QED) is 0.593. The van der Waals surface area contributed by atoms with E-state index in [1.165, 1.54) is 0 Å². The molecule has 0 spiro atoms. The molecular formula is C10H14O2. The molecule has 66 valence electrons. The van der Waals surface area contributed by atoms with E-state index in [4.69, 9.17) is 0 Å².